The van der Waals surface area contributed by atoms with Gasteiger partial charge in [0.05, 0.1) is 0 Å². The second-order valence-corrected chi connectivity index (χ2v) is 3.92. The van der Waals surface area contributed by atoms with E-state index in [-0.39, 0.29) is 5.41 Å². The Morgan fingerprint density at radius 1 is 1.17 bits per heavy atom. The Bertz CT molecular complexity index is 308. The van der Waals surface area contributed by atoms with Gasteiger partial charge in [0.25, 0.3) is 0 Å². The summed E-state index contributed by atoms with van der Waals surface area (Å²) in [4.78, 5) is 0. The minimum Gasteiger partial charge on any atom is -0.0619 e. The Morgan fingerprint density at radius 2 is 1.75 bits per heavy atom. The lowest BCUT2D eigenvalue weighted by Gasteiger charge is -2.20. The van der Waals surface area contributed by atoms with Crippen LogP contribution in [0.15, 0.2) is 24.3 Å². The molecule has 0 heteroatoms. The molecule has 0 saturated carbocycles. The molecule has 61 valence electrons. The Morgan fingerprint density at radius 3 is 2.17 bits per heavy atom. The molecule has 0 aliphatic heterocycles. The zero-order chi connectivity index (χ0) is 9.19. The van der Waals surface area contributed by atoms with Crippen molar-refractivity contribution in [3.05, 3.63) is 41.8 Å². The monoisotopic (exact) mass is 157 g/mol. The molecular weight excluding hydrogens is 144 g/mol. The van der Waals surface area contributed by atoms with Crippen LogP contribution in [0.3, 0.4) is 0 Å². The highest BCUT2D eigenvalue weighted by molar-refractivity contribution is 5.42. The predicted molar refractivity (Wildman–Crippen MR) is 51.4 cm³/mol. The minimum absolute atomic E-state index is 0.102. The van der Waals surface area contributed by atoms with Crippen molar-refractivity contribution in [3.63, 3.8) is 0 Å². The van der Waals surface area contributed by atoms with Crippen LogP contribution in [0, 0.1) is 12.3 Å². The van der Waals surface area contributed by atoms with E-state index in [1.807, 2.05) is 18.2 Å². The van der Waals surface area contributed by atoms with Gasteiger partial charge < -0.3 is 0 Å². The molecular formula is C12H13. The van der Waals surface area contributed by atoms with Crippen molar-refractivity contribution in [1.29, 1.82) is 0 Å². The van der Waals surface area contributed by atoms with E-state index in [0.717, 1.165) is 5.56 Å². The smallest absolute Gasteiger partial charge is 0.0292 e. The van der Waals surface area contributed by atoms with E-state index in [0.29, 0.717) is 0 Å². The molecule has 0 fully saturated rings. The highest BCUT2D eigenvalue weighted by atomic mass is 14.2. The first-order valence-corrected chi connectivity index (χ1v) is 4.08. The second-order valence-electron chi connectivity index (χ2n) is 3.92. The average molecular weight is 157 g/mol. The average Bonchev–Trinajstić information content (AvgIpc) is 2.03. The van der Waals surface area contributed by atoms with Gasteiger partial charge in [-0.25, -0.2) is 0 Å². The first-order chi connectivity index (χ1) is 5.55. The van der Waals surface area contributed by atoms with E-state index in [1.165, 1.54) is 5.56 Å². The van der Waals surface area contributed by atoms with Gasteiger partial charge in [0.2, 0.25) is 0 Å². The number of hydrogen-bond acceptors (Lipinski definition) is 0. The van der Waals surface area contributed by atoms with Gasteiger partial charge in [0.15, 0.2) is 0 Å². The molecule has 0 N–H and O–H groups in total. The number of rotatable bonds is 0. The minimum atomic E-state index is 0.102. The molecule has 0 nitrogen and oxygen atoms in total. The van der Waals surface area contributed by atoms with E-state index in [2.05, 4.69) is 32.8 Å². The molecule has 12 heavy (non-hydrogen) atoms. The van der Waals surface area contributed by atoms with Gasteiger partial charge in [-0.3, -0.25) is 0 Å². The van der Waals surface area contributed by atoms with E-state index in [1.54, 1.807) is 0 Å². The van der Waals surface area contributed by atoms with Crippen molar-refractivity contribution in [2.45, 2.75) is 26.2 Å². The lowest BCUT2D eigenvalue weighted by Crippen LogP contribution is -2.12. The van der Waals surface area contributed by atoms with E-state index < -0.39 is 0 Å². The first kappa shape index (κ1) is 8.87. The molecule has 0 aliphatic rings. The van der Waals surface area contributed by atoms with Crippen molar-refractivity contribution in [2.24, 2.45) is 0 Å². The molecule has 0 aromatic heterocycles. The standard InChI is InChI=1S/C12H13/c1-5-10-8-6-7-9-11(10)12(2,3)4/h6-9H,2-4H3. The Hall–Kier alpha value is -1.22. The molecule has 0 amide bonds. The normalized spacial score (nSPS) is 10.8. The summed E-state index contributed by atoms with van der Waals surface area (Å²) in [5, 5.41) is 0. The van der Waals surface area contributed by atoms with Gasteiger partial charge in [-0.1, -0.05) is 44.9 Å². The van der Waals surface area contributed by atoms with Crippen LogP contribution in [-0.2, 0) is 5.41 Å². The quantitative estimate of drug-likeness (QED) is 0.508. The van der Waals surface area contributed by atoms with E-state index >= 15 is 0 Å². The summed E-state index contributed by atoms with van der Waals surface area (Å²) in [6.07, 6.45) is 7.11. The predicted octanol–water partition coefficient (Wildman–Crippen LogP) is 2.92. The molecule has 1 rings (SSSR count). The van der Waals surface area contributed by atoms with Crippen LogP contribution in [0.4, 0.5) is 0 Å². The molecule has 1 aromatic rings. The van der Waals surface area contributed by atoms with Crippen molar-refractivity contribution in [3.8, 4) is 5.92 Å². The molecule has 1 aromatic carbocycles. The van der Waals surface area contributed by atoms with Gasteiger partial charge in [-0.2, -0.15) is 0 Å². The third kappa shape index (κ3) is 1.68. The summed E-state index contributed by atoms with van der Waals surface area (Å²) >= 11 is 0. The van der Waals surface area contributed by atoms with Crippen molar-refractivity contribution >= 4 is 0 Å². The van der Waals surface area contributed by atoms with Gasteiger partial charge in [0, 0.05) is 5.56 Å². The zero-order valence-corrected chi connectivity index (χ0v) is 7.81. The molecule has 0 bridgehead atoms. The summed E-state index contributed by atoms with van der Waals surface area (Å²) in [5.74, 6) is 2.45. The molecule has 0 atom stereocenters. The summed E-state index contributed by atoms with van der Waals surface area (Å²) in [7, 11) is 0. The molecule has 0 heterocycles. The number of hydrogen-bond donors (Lipinski definition) is 0. The van der Waals surface area contributed by atoms with Crippen LogP contribution in [0.2, 0.25) is 0 Å². The lowest BCUT2D eigenvalue weighted by atomic mass is 9.84. The Labute approximate surface area is 74.6 Å². The highest BCUT2D eigenvalue weighted by Gasteiger charge is 2.15. The molecule has 1 radical (unpaired) electrons. The fourth-order valence-corrected chi connectivity index (χ4v) is 1.25. The van der Waals surface area contributed by atoms with Crippen molar-refractivity contribution in [2.75, 3.05) is 0 Å². The van der Waals surface area contributed by atoms with Crippen LogP contribution >= 0.6 is 0 Å². The van der Waals surface area contributed by atoms with Crippen molar-refractivity contribution < 1.29 is 0 Å². The fourth-order valence-electron chi connectivity index (χ4n) is 1.25. The zero-order valence-electron chi connectivity index (χ0n) is 7.81. The van der Waals surface area contributed by atoms with Crippen LogP contribution < -0.4 is 0 Å². The van der Waals surface area contributed by atoms with E-state index in [4.69, 9.17) is 6.42 Å². The van der Waals surface area contributed by atoms with Gasteiger partial charge in [-0.15, -0.1) is 0 Å². The lowest BCUT2D eigenvalue weighted by molar-refractivity contribution is 0.589. The SMILES string of the molecule is [C]#Cc1ccccc1C(C)(C)C. The third-order valence-corrected chi connectivity index (χ3v) is 1.87. The van der Waals surface area contributed by atoms with Gasteiger partial charge >= 0.3 is 0 Å². The van der Waals surface area contributed by atoms with Crippen LogP contribution in [0.5, 0.6) is 0 Å². The summed E-state index contributed by atoms with van der Waals surface area (Å²) in [5.41, 5.74) is 2.18. The Kier molecular flexibility index (Phi) is 2.24. The fraction of sp³-hybridized carbons (Fsp3) is 0.333. The Balaban J connectivity index is 3.26. The van der Waals surface area contributed by atoms with Gasteiger partial charge in [-0.05, 0) is 23.5 Å². The third-order valence-electron chi connectivity index (χ3n) is 1.87. The van der Waals surface area contributed by atoms with Gasteiger partial charge in [0.1, 0.15) is 0 Å². The maximum absolute atomic E-state index is 7.11. The second kappa shape index (κ2) is 3.03. The van der Waals surface area contributed by atoms with Crippen LogP contribution in [0.1, 0.15) is 31.9 Å². The first-order valence-electron chi connectivity index (χ1n) is 4.08. The summed E-state index contributed by atoms with van der Waals surface area (Å²) in [6, 6.07) is 7.91. The maximum Gasteiger partial charge on any atom is 0.0292 e. The molecule has 0 unspecified atom stereocenters. The topological polar surface area (TPSA) is 0 Å². The van der Waals surface area contributed by atoms with Crippen LogP contribution in [0.25, 0.3) is 0 Å². The molecule has 0 saturated heterocycles. The summed E-state index contributed by atoms with van der Waals surface area (Å²) in [6.45, 7) is 6.43. The molecule has 0 spiro atoms. The largest absolute Gasteiger partial charge is 0.0619 e. The van der Waals surface area contributed by atoms with E-state index in [9.17, 15) is 0 Å². The van der Waals surface area contributed by atoms with Crippen LogP contribution in [-0.4, -0.2) is 0 Å². The van der Waals surface area contributed by atoms with Crippen molar-refractivity contribution in [1.82, 2.24) is 0 Å². The number of benzene rings is 1. The summed E-state index contributed by atoms with van der Waals surface area (Å²) < 4.78 is 0. The highest BCUT2D eigenvalue weighted by Crippen LogP contribution is 2.24. The molecule has 0 aliphatic carbocycles. The maximum atomic E-state index is 7.11.